The van der Waals surface area contributed by atoms with Crippen LogP contribution in [0.25, 0.3) is 11.1 Å². The highest BCUT2D eigenvalue weighted by atomic mass is 32.2. The number of hydrogen-bond donors (Lipinski definition) is 4. The molecule has 0 bridgehead atoms. The lowest BCUT2D eigenvalue weighted by atomic mass is 10.0. The normalized spacial score (nSPS) is 21.2. The number of hydrogen-bond acceptors (Lipinski definition) is 18. The topological polar surface area (TPSA) is 221 Å². The third kappa shape index (κ3) is 7.91. The SMILES string of the molecule is COc1cc2c(cc1OCCCOc1cc3c(cc1OC)C(=O)N1C=C(c4ccc5c(c4)OCO5)C[C@H]1C(S(=O)(=O)O)N3)NC(OOOS)[C@@H]1CC(c3ccc4c(c3)OCO4)=CN1C2=O. The summed E-state index contributed by atoms with van der Waals surface area (Å²) >= 11 is 3.63. The fourth-order valence-electron chi connectivity index (χ4n) is 8.66. The molecule has 20 nitrogen and oxygen atoms in total. The summed E-state index contributed by atoms with van der Waals surface area (Å²) in [6.45, 7) is 0.431. The van der Waals surface area contributed by atoms with E-state index >= 15 is 0 Å². The lowest BCUT2D eigenvalue weighted by Gasteiger charge is -2.26. The van der Waals surface area contributed by atoms with Crippen LogP contribution in [0.4, 0.5) is 11.4 Å². The van der Waals surface area contributed by atoms with Gasteiger partial charge in [-0.3, -0.25) is 14.1 Å². The molecule has 340 valence electrons. The molecule has 0 aliphatic carbocycles. The van der Waals surface area contributed by atoms with Crippen molar-refractivity contribution in [2.24, 2.45) is 0 Å². The molecule has 0 fully saturated rings. The van der Waals surface area contributed by atoms with Gasteiger partial charge in [-0.25, -0.2) is 0 Å². The predicted molar refractivity (Wildman–Crippen MR) is 230 cm³/mol. The third-order valence-electron chi connectivity index (χ3n) is 11.8. The van der Waals surface area contributed by atoms with Crippen LogP contribution in [0.3, 0.4) is 0 Å². The van der Waals surface area contributed by atoms with E-state index in [9.17, 15) is 22.6 Å². The lowest BCUT2D eigenvalue weighted by molar-refractivity contribution is -0.475. The van der Waals surface area contributed by atoms with Crippen LogP contribution in [0.15, 0.2) is 73.1 Å². The molecular weight excluding hydrogens is 893 g/mol. The van der Waals surface area contributed by atoms with Gasteiger partial charge in [-0.2, -0.15) is 13.3 Å². The fourth-order valence-corrected chi connectivity index (χ4v) is 9.60. The number of ether oxygens (including phenoxy) is 8. The maximum atomic E-state index is 14.2. The zero-order valence-corrected chi connectivity index (χ0v) is 36.2. The maximum Gasteiger partial charge on any atom is 0.288 e. The molecule has 0 radical (unpaired) electrons. The van der Waals surface area contributed by atoms with Gasteiger partial charge in [-0.05, 0) is 71.5 Å². The van der Waals surface area contributed by atoms with Gasteiger partial charge in [0.05, 0.1) is 62.0 Å². The van der Waals surface area contributed by atoms with Crippen LogP contribution in [0.5, 0.6) is 46.0 Å². The van der Waals surface area contributed by atoms with Crippen molar-refractivity contribution in [3.8, 4) is 46.0 Å². The zero-order valence-electron chi connectivity index (χ0n) is 34.5. The first-order valence-corrected chi connectivity index (χ1v) is 22.1. The van der Waals surface area contributed by atoms with Crippen LogP contribution < -0.4 is 48.5 Å². The first kappa shape index (κ1) is 42.4. The van der Waals surface area contributed by atoms with E-state index in [0.717, 1.165) is 11.1 Å². The molecule has 0 saturated heterocycles. The molecular formula is C43H40N4O16S2. The Morgan fingerprint density at radius 1 is 0.692 bits per heavy atom. The number of methoxy groups -OCH3 is 2. The van der Waals surface area contributed by atoms with Gasteiger partial charge in [0.2, 0.25) is 13.6 Å². The molecule has 6 heterocycles. The summed E-state index contributed by atoms with van der Waals surface area (Å²) in [5.74, 6) is 2.54. The summed E-state index contributed by atoms with van der Waals surface area (Å²) in [7, 11) is -1.87. The van der Waals surface area contributed by atoms with Gasteiger partial charge < -0.3 is 58.3 Å². The summed E-state index contributed by atoms with van der Waals surface area (Å²) in [6.07, 6.45) is 3.25. The zero-order chi connectivity index (χ0) is 45.0. The molecule has 0 spiro atoms. The molecule has 4 aromatic rings. The Labute approximate surface area is 376 Å². The van der Waals surface area contributed by atoms with Crippen molar-refractivity contribution in [3.05, 3.63) is 95.3 Å². The van der Waals surface area contributed by atoms with E-state index in [0.29, 0.717) is 64.2 Å². The number of nitrogens with one attached hydrogen (secondary N) is 2. The first-order chi connectivity index (χ1) is 31.5. The van der Waals surface area contributed by atoms with E-state index in [1.54, 1.807) is 47.6 Å². The summed E-state index contributed by atoms with van der Waals surface area (Å²) in [4.78, 5) is 36.7. The molecule has 10 rings (SSSR count). The van der Waals surface area contributed by atoms with Crippen LogP contribution in [0.2, 0.25) is 0 Å². The predicted octanol–water partition coefficient (Wildman–Crippen LogP) is 5.64. The molecule has 22 heteroatoms. The molecule has 2 unspecified atom stereocenters. The van der Waals surface area contributed by atoms with Crippen LogP contribution >= 0.6 is 12.9 Å². The van der Waals surface area contributed by atoms with Gasteiger partial charge in [-0.15, -0.1) is 4.33 Å². The van der Waals surface area contributed by atoms with Gasteiger partial charge in [0, 0.05) is 43.9 Å². The number of carbonyl (C=O) groups excluding carboxylic acids is 2. The Morgan fingerprint density at radius 3 is 1.72 bits per heavy atom. The minimum Gasteiger partial charge on any atom is -0.493 e. The van der Waals surface area contributed by atoms with Crippen molar-refractivity contribution in [2.75, 3.05) is 51.7 Å². The van der Waals surface area contributed by atoms with E-state index in [4.69, 9.17) is 47.8 Å². The fraction of sp³-hybridized carbons (Fsp3) is 0.302. The Bertz CT molecular complexity index is 2770. The molecule has 2 amide bonds. The van der Waals surface area contributed by atoms with E-state index < -0.39 is 39.7 Å². The second-order valence-corrected chi connectivity index (χ2v) is 17.1. The molecule has 0 saturated carbocycles. The van der Waals surface area contributed by atoms with Crippen LogP contribution in [-0.4, -0.2) is 99.3 Å². The highest BCUT2D eigenvalue weighted by Crippen LogP contribution is 2.45. The molecule has 0 aromatic heterocycles. The van der Waals surface area contributed by atoms with Gasteiger partial charge in [-0.1, -0.05) is 17.2 Å². The minimum absolute atomic E-state index is 0.0814. The minimum atomic E-state index is -4.75. The maximum absolute atomic E-state index is 14.2. The number of rotatable bonds is 14. The van der Waals surface area contributed by atoms with Gasteiger partial charge in [0.1, 0.15) is 0 Å². The number of anilines is 2. The second-order valence-electron chi connectivity index (χ2n) is 15.4. The van der Waals surface area contributed by atoms with Crippen molar-refractivity contribution < 1.29 is 74.7 Å². The Morgan fingerprint density at radius 2 is 1.20 bits per heavy atom. The molecule has 65 heavy (non-hydrogen) atoms. The summed E-state index contributed by atoms with van der Waals surface area (Å²) in [5, 5.41) is 9.33. The average Bonchev–Trinajstić information content (AvgIpc) is 4.13. The van der Waals surface area contributed by atoms with E-state index in [1.165, 1.54) is 31.3 Å². The molecule has 6 aliphatic rings. The number of nitrogens with zero attached hydrogens (tertiary/aromatic N) is 2. The number of carbonyl (C=O) groups is 2. The van der Waals surface area contributed by atoms with Crippen molar-refractivity contribution >= 4 is 57.4 Å². The summed E-state index contributed by atoms with van der Waals surface area (Å²) in [6, 6.07) is 15.4. The van der Waals surface area contributed by atoms with E-state index in [1.807, 2.05) is 18.2 Å². The smallest absolute Gasteiger partial charge is 0.288 e. The molecule has 6 aliphatic heterocycles. The van der Waals surface area contributed by atoms with Crippen molar-refractivity contribution in [3.63, 3.8) is 0 Å². The summed E-state index contributed by atoms with van der Waals surface area (Å²) < 4.78 is 86.1. The Balaban J connectivity index is 0.837. The number of amides is 2. The van der Waals surface area contributed by atoms with Crippen LogP contribution in [0, 0.1) is 0 Å². The number of fused-ring (bicyclic) bond motifs is 6. The third-order valence-corrected chi connectivity index (χ3v) is 12.9. The van der Waals surface area contributed by atoms with Gasteiger partial charge in [0.25, 0.3) is 21.9 Å². The van der Waals surface area contributed by atoms with E-state index in [2.05, 4.69) is 27.9 Å². The molecule has 4 atom stereocenters. The molecule has 4 aromatic carbocycles. The highest BCUT2D eigenvalue weighted by Gasteiger charge is 2.46. The Hall–Kier alpha value is -6.56. The van der Waals surface area contributed by atoms with Crippen molar-refractivity contribution in [1.29, 1.82) is 0 Å². The number of benzene rings is 4. The number of thiol groups is 1. The second kappa shape index (κ2) is 17.1. The van der Waals surface area contributed by atoms with Crippen molar-refractivity contribution in [1.82, 2.24) is 9.80 Å². The summed E-state index contributed by atoms with van der Waals surface area (Å²) in [5.41, 5.74) is 3.97. The highest BCUT2D eigenvalue weighted by molar-refractivity contribution is 7.86. The monoisotopic (exact) mass is 932 g/mol. The van der Waals surface area contributed by atoms with E-state index in [-0.39, 0.29) is 67.4 Å². The average molecular weight is 933 g/mol. The van der Waals surface area contributed by atoms with Gasteiger partial charge >= 0.3 is 0 Å². The first-order valence-electron chi connectivity index (χ1n) is 20.2. The quantitative estimate of drug-likeness (QED) is 0.0300. The largest absolute Gasteiger partial charge is 0.493 e. The van der Waals surface area contributed by atoms with Gasteiger partial charge in [0.15, 0.2) is 57.6 Å². The van der Waals surface area contributed by atoms with Crippen LogP contribution in [0.1, 0.15) is 51.1 Å². The Kier molecular flexibility index (Phi) is 11.2. The molecule has 3 N–H and O–H groups in total. The van der Waals surface area contributed by atoms with Crippen molar-refractivity contribution in [2.45, 2.75) is 42.9 Å². The lowest BCUT2D eigenvalue weighted by Crippen LogP contribution is -2.46. The standard InChI is InChI=1S/C43H40N4O16S2/c1-53-34-14-26-28(44-40(61-62-63-64)30-10-24(18-46(30)42(26)48)22-4-6-32-36(12-22)59-20-57-32)16-38(34)55-8-3-9-56-39-17-29-27(15-35(39)54-2)43(49)47-19-25(11-31(47)41(45-29)65(50,51)52)23-5-7-33-37(13-23)60-21-58-33/h4-7,12-19,30-31,40-41,44-45,64H,3,8-11,20-21H2,1-2H3,(H,50,51,52)/t30-,31-,40?,41?/m0/s1. The van der Waals surface area contributed by atoms with Crippen LogP contribution in [-0.2, 0) is 24.4 Å².